The molecule has 0 bridgehead atoms. The number of carbonyl (C=O) groups excluding carboxylic acids is 3. The Hall–Kier alpha value is -2.57. The number of carbonyl (C=O) groups is 3. The van der Waals surface area contributed by atoms with Gasteiger partial charge in [-0.2, -0.15) is 0 Å². The fourth-order valence-electron chi connectivity index (χ4n) is 2.46. The fraction of sp³-hybridized carbons (Fsp3) is 0.500. The quantitative estimate of drug-likeness (QED) is 0.564. The molecule has 0 unspecified atom stereocenters. The van der Waals surface area contributed by atoms with Crippen LogP contribution in [-0.4, -0.2) is 43.7 Å². The third kappa shape index (κ3) is 4.95. The zero-order valence-corrected chi connectivity index (χ0v) is 15.3. The molecule has 7 nitrogen and oxygen atoms in total. The summed E-state index contributed by atoms with van der Waals surface area (Å²) >= 11 is 0. The number of rotatable bonds is 8. The van der Waals surface area contributed by atoms with E-state index in [2.05, 4.69) is 5.32 Å². The molecule has 0 aliphatic rings. The molecule has 1 N–H and O–H groups in total. The molecule has 0 aromatic heterocycles. The Kier molecular flexibility index (Phi) is 7.42. The highest BCUT2D eigenvalue weighted by Gasteiger charge is 2.50. The van der Waals surface area contributed by atoms with Crippen LogP contribution in [0.2, 0.25) is 0 Å². The maximum absolute atomic E-state index is 12.6. The van der Waals surface area contributed by atoms with Crippen LogP contribution in [-0.2, 0) is 30.3 Å². The molecule has 0 aliphatic heterocycles. The smallest absolute Gasteiger partial charge is 0.344 e. The number of amides is 1. The summed E-state index contributed by atoms with van der Waals surface area (Å²) in [5.74, 6) is -1.64. The van der Waals surface area contributed by atoms with Crippen LogP contribution in [0.15, 0.2) is 18.2 Å². The van der Waals surface area contributed by atoms with Crippen LogP contribution in [0.3, 0.4) is 0 Å². The maximum Gasteiger partial charge on any atom is 0.344 e. The van der Waals surface area contributed by atoms with Gasteiger partial charge >= 0.3 is 11.9 Å². The Morgan fingerprint density at radius 3 is 2.08 bits per heavy atom. The lowest BCUT2D eigenvalue weighted by molar-refractivity contribution is -0.168. The highest BCUT2D eigenvalue weighted by Crippen LogP contribution is 2.24. The second-order valence-corrected chi connectivity index (χ2v) is 5.51. The molecule has 0 fully saturated rings. The van der Waals surface area contributed by atoms with Crippen LogP contribution in [0.5, 0.6) is 5.75 Å². The molecule has 0 atom stereocenters. The van der Waals surface area contributed by atoms with Crippen molar-refractivity contribution in [1.29, 1.82) is 0 Å². The molecule has 0 saturated heterocycles. The Morgan fingerprint density at radius 1 is 1.08 bits per heavy atom. The first-order chi connectivity index (χ1) is 11.8. The predicted molar refractivity (Wildman–Crippen MR) is 91.2 cm³/mol. The highest BCUT2D eigenvalue weighted by molar-refractivity contribution is 6.08. The lowest BCUT2D eigenvalue weighted by atomic mass is 9.89. The van der Waals surface area contributed by atoms with Gasteiger partial charge in [0, 0.05) is 13.3 Å². The van der Waals surface area contributed by atoms with Gasteiger partial charge in [0.1, 0.15) is 5.75 Å². The van der Waals surface area contributed by atoms with Gasteiger partial charge in [-0.1, -0.05) is 12.1 Å². The average Bonchev–Trinajstić information content (AvgIpc) is 2.55. The summed E-state index contributed by atoms with van der Waals surface area (Å²) in [5, 5.41) is 2.43. The summed E-state index contributed by atoms with van der Waals surface area (Å²) in [7, 11) is 1.53. The van der Waals surface area contributed by atoms with Crippen LogP contribution in [0.25, 0.3) is 0 Å². The number of ether oxygens (including phenoxy) is 3. The van der Waals surface area contributed by atoms with Gasteiger partial charge in [-0.05, 0) is 38.0 Å². The van der Waals surface area contributed by atoms with Crippen molar-refractivity contribution in [2.75, 3.05) is 20.3 Å². The first-order valence-electron chi connectivity index (χ1n) is 8.07. The van der Waals surface area contributed by atoms with E-state index in [0.717, 1.165) is 5.56 Å². The number of aryl methyl sites for hydroxylation is 1. The molecule has 0 spiro atoms. The fourth-order valence-corrected chi connectivity index (χ4v) is 2.46. The van der Waals surface area contributed by atoms with Gasteiger partial charge < -0.3 is 19.5 Å². The SMILES string of the molecule is CCOC(=O)C(Cc1ccc(C)c(OC)c1)(NC(C)=O)C(=O)OCC. The first kappa shape index (κ1) is 20.5. The topological polar surface area (TPSA) is 90.9 Å². The van der Waals surface area contributed by atoms with E-state index in [4.69, 9.17) is 14.2 Å². The van der Waals surface area contributed by atoms with E-state index in [1.165, 1.54) is 14.0 Å². The summed E-state index contributed by atoms with van der Waals surface area (Å²) in [6, 6.07) is 5.28. The lowest BCUT2D eigenvalue weighted by Gasteiger charge is -2.30. The third-order valence-electron chi connectivity index (χ3n) is 3.58. The van der Waals surface area contributed by atoms with E-state index in [0.29, 0.717) is 11.3 Å². The van der Waals surface area contributed by atoms with Gasteiger partial charge in [0.25, 0.3) is 0 Å². The molecule has 1 aromatic carbocycles. The molecular weight excluding hydrogens is 326 g/mol. The van der Waals surface area contributed by atoms with Crippen LogP contribution in [0, 0.1) is 6.92 Å². The standard InChI is InChI=1S/C18H25NO6/c1-6-24-16(21)18(19-13(4)20,17(22)25-7-2)11-14-9-8-12(3)15(10-14)23-5/h8-10H,6-7,11H2,1-5H3,(H,19,20). The predicted octanol–water partition coefficient (Wildman–Crippen LogP) is 1.55. The number of hydrogen-bond acceptors (Lipinski definition) is 6. The second-order valence-electron chi connectivity index (χ2n) is 5.51. The minimum atomic E-state index is -1.95. The summed E-state index contributed by atoms with van der Waals surface area (Å²) in [5.41, 5.74) is -0.418. The van der Waals surface area contributed by atoms with Gasteiger partial charge in [0.05, 0.1) is 20.3 Å². The first-order valence-corrected chi connectivity index (χ1v) is 8.07. The number of esters is 2. The minimum absolute atomic E-state index is 0.0663. The number of nitrogens with one attached hydrogen (secondary N) is 1. The molecule has 7 heteroatoms. The van der Waals surface area contributed by atoms with Crippen molar-refractivity contribution in [3.05, 3.63) is 29.3 Å². The number of methoxy groups -OCH3 is 1. The average molecular weight is 351 g/mol. The number of benzene rings is 1. The second kappa shape index (κ2) is 9.05. The van der Waals surface area contributed by atoms with Crippen LogP contribution in [0.4, 0.5) is 0 Å². The Bertz CT molecular complexity index is 622. The Balaban J connectivity index is 3.38. The van der Waals surface area contributed by atoms with Crippen LogP contribution in [0.1, 0.15) is 31.9 Å². The number of hydrogen-bond donors (Lipinski definition) is 1. The van der Waals surface area contributed by atoms with Crippen molar-refractivity contribution in [2.45, 2.75) is 39.7 Å². The van der Waals surface area contributed by atoms with Crippen molar-refractivity contribution < 1.29 is 28.6 Å². The van der Waals surface area contributed by atoms with Gasteiger partial charge in [-0.15, -0.1) is 0 Å². The highest BCUT2D eigenvalue weighted by atomic mass is 16.6. The van der Waals surface area contributed by atoms with Crippen molar-refractivity contribution >= 4 is 17.8 Å². The van der Waals surface area contributed by atoms with E-state index in [1.54, 1.807) is 26.0 Å². The Labute approximate surface area is 147 Å². The maximum atomic E-state index is 12.6. The molecule has 1 rings (SSSR count). The summed E-state index contributed by atoms with van der Waals surface area (Å²) in [6.07, 6.45) is -0.110. The minimum Gasteiger partial charge on any atom is -0.496 e. The monoisotopic (exact) mass is 351 g/mol. The van der Waals surface area contributed by atoms with Crippen molar-refractivity contribution in [2.24, 2.45) is 0 Å². The van der Waals surface area contributed by atoms with Crippen molar-refractivity contribution in [3.63, 3.8) is 0 Å². The van der Waals surface area contributed by atoms with E-state index < -0.39 is 23.4 Å². The van der Waals surface area contributed by atoms with Gasteiger partial charge in [0.15, 0.2) is 0 Å². The van der Waals surface area contributed by atoms with Gasteiger partial charge in [-0.3, -0.25) is 4.79 Å². The van der Waals surface area contributed by atoms with Crippen molar-refractivity contribution in [1.82, 2.24) is 5.32 Å². The van der Waals surface area contributed by atoms with E-state index in [-0.39, 0.29) is 19.6 Å². The third-order valence-corrected chi connectivity index (χ3v) is 3.58. The van der Waals surface area contributed by atoms with Crippen LogP contribution >= 0.6 is 0 Å². The Morgan fingerprint density at radius 2 is 1.64 bits per heavy atom. The largest absolute Gasteiger partial charge is 0.496 e. The molecule has 1 aromatic rings. The van der Waals surface area contributed by atoms with Gasteiger partial charge in [-0.25, -0.2) is 9.59 Å². The zero-order chi connectivity index (χ0) is 19.0. The van der Waals surface area contributed by atoms with E-state index in [1.807, 2.05) is 13.0 Å². The van der Waals surface area contributed by atoms with Gasteiger partial charge in [0.2, 0.25) is 11.4 Å². The molecule has 25 heavy (non-hydrogen) atoms. The van der Waals surface area contributed by atoms with Crippen LogP contribution < -0.4 is 10.1 Å². The molecule has 1 amide bonds. The summed E-state index contributed by atoms with van der Waals surface area (Å²) in [6.45, 7) is 6.48. The lowest BCUT2D eigenvalue weighted by Crippen LogP contribution is -2.62. The zero-order valence-electron chi connectivity index (χ0n) is 15.3. The summed E-state index contributed by atoms with van der Waals surface area (Å²) < 4.78 is 15.4. The molecule has 0 radical (unpaired) electrons. The van der Waals surface area contributed by atoms with Crippen molar-refractivity contribution in [3.8, 4) is 5.75 Å². The molecule has 0 heterocycles. The summed E-state index contributed by atoms with van der Waals surface area (Å²) in [4.78, 5) is 36.8. The van der Waals surface area contributed by atoms with E-state index in [9.17, 15) is 14.4 Å². The molecular formula is C18H25NO6. The normalized spacial score (nSPS) is 10.8. The molecule has 0 saturated carbocycles. The molecule has 0 aliphatic carbocycles. The molecule has 138 valence electrons. The van der Waals surface area contributed by atoms with E-state index >= 15 is 0 Å².